The first-order valence-corrected chi connectivity index (χ1v) is 3.81. The summed E-state index contributed by atoms with van der Waals surface area (Å²) in [5, 5.41) is 8.28. The van der Waals surface area contributed by atoms with Crippen LogP contribution in [0.25, 0.3) is 0 Å². The van der Waals surface area contributed by atoms with E-state index in [1.807, 2.05) is 18.3 Å². The predicted octanol–water partition coefficient (Wildman–Crippen LogP) is 1.59. The van der Waals surface area contributed by atoms with Gasteiger partial charge >= 0.3 is 5.97 Å². The quantitative estimate of drug-likeness (QED) is 0.665. The zero-order valence-corrected chi connectivity index (χ0v) is 6.66. The number of hydrogen-bond acceptors (Lipinski definition) is 1. The minimum atomic E-state index is -0.888. The lowest BCUT2D eigenvalue weighted by Crippen LogP contribution is -1.87. The normalized spacial score (nSPS) is 10.7. The predicted molar refractivity (Wildman–Crippen MR) is 45.9 cm³/mol. The number of hydrogen-bond donors (Lipinski definition) is 2. The van der Waals surface area contributed by atoms with Crippen molar-refractivity contribution in [2.45, 2.75) is 12.8 Å². The van der Waals surface area contributed by atoms with Crippen molar-refractivity contribution in [1.29, 1.82) is 0 Å². The number of nitrogens with one attached hydrogen (secondary N) is 1. The number of carboxylic acid groups (broad SMARTS) is 1. The first-order valence-electron chi connectivity index (χ1n) is 3.81. The number of aromatic nitrogens is 1. The molecule has 3 heteroatoms. The second kappa shape index (κ2) is 4.38. The van der Waals surface area contributed by atoms with E-state index in [0.29, 0.717) is 0 Å². The van der Waals surface area contributed by atoms with E-state index in [-0.39, 0.29) is 0 Å². The van der Waals surface area contributed by atoms with E-state index in [4.69, 9.17) is 5.11 Å². The molecule has 0 spiro atoms. The lowest BCUT2D eigenvalue weighted by molar-refractivity contribution is -0.131. The van der Waals surface area contributed by atoms with E-state index in [1.165, 1.54) is 6.08 Å². The van der Waals surface area contributed by atoms with Gasteiger partial charge in [-0.3, -0.25) is 0 Å². The van der Waals surface area contributed by atoms with E-state index < -0.39 is 5.97 Å². The summed E-state index contributed by atoms with van der Waals surface area (Å²) in [5.74, 6) is -0.888. The van der Waals surface area contributed by atoms with Crippen LogP contribution in [0.15, 0.2) is 30.5 Å². The van der Waals surface area contributed by atoms with Crippen LogP contribution in [0.2, 0.25) is 0 Å². The van der Waals surface area contributed by atoms with Crippen molar-refractivity contribution in [3.05, 3.63) is 36.2 Å². The third-order valence-electron chi connectivity index (χ3n) is 1.50. The van der Waals surface area contributed by atoms with Crippen LogP contribution >= 0.6 is 0 Å². The van der Waals surface area contributed by atoms with Crippen LogP contribution in [0.3, 0.4) is 0 Å². The molecule has 3 nitrogen and oxygen atoms in total. The molecule has 0 saturated carbocycles. The molecule has 1 heterocycles. The number of rotatable bonds is 4. The van der Waals surface area contributed by atoms with Gasteiger partial charge in [-0.2, -0.15) is 0 Å². The average molecular weight is 165 g/mol. The number of H-pyrrole nitrogens is 1. The summed E-state index contributed by atoms with van der Waals surface area (Å²) in [6.07, 6.45) is 6.30. The number of carbonyl (C=O) groups is 1. The fraction of sp³-hybridized carbons (Fsp3) is 0.222. The van der Waals surface area contributed by atoms with Crippen molar-refractivity contribution in [1.82, 2.24) is 4.98 Å². The number of carboxylic acids is 1. The van der Waals surface area contributed by atoms with Gasteiger partial charge in [-0.1, -0.05) is 6.08 Å². The van der Waals surface area contributed by atoms with Crippen LogP contribution in [-0.2, 0) is 11.2 Å². The Bertz CT molecular complexity index is 262. The summed E-state index contributed by atoms with van der Waals surface area (Å²) >= 11 is 0. The van der Waals surface area contributed by atoms with E-state index in [1.54, 1.807) is 6.08 Å². The summed E-state index contributed by atoms with van der Waals surface area (Å²) in [7, 11) is 0. The van der Waals surface area contributed by atoms with Crippen LogP contribution in [0.1, 0.15) is 12.1 Å². The third kappa shape index (κ3) is 3.05. The van der Waals surface area contributed by atoms with E-state index >= 15 is 0 Å². The molecule has 0 unspecified atom stereocenters. The minimum absolute atomic E-state index is 0.757. The number of aliphatic carboxylic acids is 1. The van der Waals surface area contributed by atoms with Gasteiger partial charge in [0.1, 0.15) is 0 Å². The van der Waals surface area contributed by atoms with E-state index in [9.17, 15) is 4.79 Å². The molecular formula is C9H11NO2. The molecule has 0 radical (unpaired) electrons. The van der Waals surface area contributed by atoms with Gasteiger partial charge in [0.05, 0.1) is 0 Å². The molecule has 2 N–H and O–H groups in total. The monoisotopic (exact) mass is 165 g/mol. The number of aryl methyl sites for hydroxylation is 1. The molecule has 0 aliphatic rings. The Balaban J connectivity index is 2.23. The fourth-order valence-corrected chi connectivity index (χ4v) is 0.946. The Morgan fingerprint density at radius 2 is 2.50 bits per heavy atom. The van der Waals surface area contributed by atoms with Crippen LogP contribution in [-0.4, -0.2) is 16.1 Å². The van der Waals surface area contributed by atoms with Gasteiger partial charge in [-0.15, -0.1) is 0 Å². The molecule has 0 bridgehead atoms. The van der Waals surface area contributed by atoms with Crippen LogP contribution in [0.5, 0.6) is 0 Å². The smallest absolute Gasteiger partial charge is 0.327 e. The molecule has 1 rings (SSSR count). The van der Waals surface area contributed by atoms with E-state index in [0.717, 1.165) is 18.5 Å². The maximum atomic E-state index is 10.1. The van der Waals surface area contributed by atoms with Gasteiger partial charge in [0.15, 0.2) is 0 Å². The van der Waals surface area contributed by atoms with Crippen molar-refractivity contribution in [3.63, 3.8) is 0 Å². The van der Waals surface area contributed by atoms with Crippen molar-refractivity contribution < 1.29 is 9.90 Å². The third-order valence-corrected chi connectivity index (χ3v) is 1.50. The lowest BCUT2D eigenvalue weighted by Gasteiger charge is -1.90. The molecule has 1 aromatic heterocycles. The molecular weight excluding hydrogens is 154 g/mol. The first kappa shape index (κ1) is 8.59. The summed E-state index contributed by atoms with van der Waals surface area (Å²) in [6, 6.07) is 3.91. The van der Waals surface area contributed by atoms with Gasteiger partial charge < -0.3 is 10.1 Å². The van der Waals surface area contributed by atoms with Gasteiger partial charge in [0.25, 0.3) is 0 Å². The van der Waals surface area contributed by atoms with Crippen molar-refractivity contribution >= 4 is 5.97 Å². The SMILES string of the molecule is O=C(O)C=CCCc1ccc[nH]1. The van der Waals surface area contributed by atoms with Gasteiger partial charge in [-0.05, 0) is 25.0 Å². The standard InChI is InChI=1S/C9H11NO2/c11-9(12)6-2-1-4-8-5-3-7-10-8/h2-3,5-7,10H,1,4H2,(H,11,12). The summed E-state index contributed by atoms with van der Waals surface area (Å²) < 4.78 is 0. The molecule has 0 aliphatic carbocycles. The zero-order valence-electron chi connectivity index (χ0n) is 6.66. The summed E-state index contributed by atoms with van der Waals surface area (Å²) in [5.41, 5.74) is 1.13. The molecule has 0 aliphatic heterocycles. The second-order valence-corrected chi connectivity index (χ2v) is 2.47. The summed E-state index contributed by atoms with van der Waals surface area (Å²) in [6.45, 7) is 0. The number of aromatic amines is 1. The van der Waals surface area contributed by atoms with E-state index in [2.05, 4.69) is 4.98 Å². The average Bonchev–Trinajstić information content (AvgIpc) is 2.49. The molecule has 0 fully saturated rings. The zero-order chi connectivity index (χ0) is 8.81. The molecule has 0 amide bonds. The molecule has 1 aromatic rings. The van der Waals surface area contributed by atoms with Crippen molar-refractivity contribution in [3.8, 4) is 0 Å². The Hall–Kier alpha value is -1.51. The van der Waals surface area contributed by atoms with Gasteiger partial charge in [0, 0.05) is 18.0 Å². The first-order chi connectivity index (χ1) is 5.79. The highest BCUT2D eigenvalue weighted by molar-refractivity contribution is 5.79. The maximum Gasteiger partial charge on any atom is 0.327 e. The fourth-order valence-electron chi connectivity index (χ4n) is 0.946. The Kier molecular flexibility index (Phi) is 3.14. The Morgan fingerprint density at radius 1 is 1.67 bits per heavy atom. The largest absolute Gasteiger partial charge is 0.478 e. The minimum Gasteiger partial charge on any atom is -0.478 e. The second-order valence-electron chi connectivity index (χ2n) is 2.47. The van der Waals surface area contributed by atoms with Crippen molar-refractivity contribution in [2.24, 2.45) is 0 Å². The maximum absolute atomic E-state index is 10.1. The highest BCUT2D eigenvalue weighted by Crippen LogP contribution is 1.99. The lowest BCUT2D eigenvalue weighted by atomic mass is 10.2. The molecule has 64 valence electrons. The van der Waals surface area contributed by atoms with Crippen LogP contribution in [0, 0.1) is 0 Å². The molecule has 12 heavy (non-hydrogen) atoms. The highest BCUT2D eigenvalue weighted by atomic mass is 16.4. The highest BCUT2D eigenvalue weighted by Gasteiger charge is 1.90. The topological polar surface area (TPSA) is 53.1 Å². The van der Waals surface area contributed by atoms with Crippen LogP contribution in [0.4, 0.5) is 0 Å². The Morgan fingerprint density at radius 3 is 3.08 bits per heavy atom. The number of allylic oxidation sites excluding steroid dienone is 1. The molecule has 0 aromatic carbocycles. The summed E-state index contributed by atoms with van der Waals surface area (Å²) in [4.78, 5) is 13.1. The Labute approximate surface area is 70.7 Å². The van der Waals surface area contributed by atoms with Crippen LogP contribution < -0.4 is 0 Å². The van der Waals surface area contributed by atoms with Gasteiger partial charge in [-0.25, -0.2) is 4.79 Å². The van der Waals surface area contributed by atoms with Crippen molar-refractivity contribution in [2.75, 3.05) is 0 Å². The molecule has 0 atom stereocenters. The molecule has 0 saturated heterocycles. The van der Waals surface area contributed by atoms with Gasteiger partial charge in [0.2, 0.25) is 0 Å².